The van der Waals surface area contributed by atoms with Gasteiger partial charge in [-0.2, -0.15) is 0 Å². The van der Waals surface area contributed by atoms with Crippen LogP contribution in [0.15, 0.2) is 22.8 Å². The summed E-state index contributed by atoms with van der Waals surface area (Å²) in [6.45, 7) is 2.90. The molecule has 0 atom stereocenters. The molecule has 6 nitrogen and oxygen atoms in total. The van der Waals surface area contributed by atoms with Crippen LogP contribution in [0.3, 0.4) is 0 Å². The molecule has 3 rings (SSSR count). The summed E-state index contributed by atoms with van der Waals surface area (Å²) < 4.78 is 10.3. The van der Waals surface area contributed by atoms with E-state index in [-0.39, 0.29) is 12.0 Å². The maximum Gasteiger partial charge on any atom is 0.267 e. The summed E-state index contributed by atoms with van der Waals surface area (Å²) in [5, 5.41) is 3.85. The normalized spacial score (nSPS) is 15.0. The maximum absolute atomic E-state index is 12.1. The van der Waals surface area contributed by atoms with Gasteiger partial charge in [-0.3, -0.25) is 4.79 Å². The van der Waals surface area contributed by atoms with Gasteiger partial charge < -0.3 is 9.64 Å². The Labute approximate surface area is 128 Å². The third kappa shape index (κ3) is 2.53. The van der Waals surface area contributed by atoms with Gasteiger partial charge in [0.2, 0.25) is 5.88 Å². The van der Waals surface area contributed by atoms with Crippen molar-refractivity contribution in [3.05, 3.63) is 33.4 Å². The van der Waals surface area contributed by atoms with E-state index in [0.717, 1.165) is 16.0 Å². The molecular formula is C12H11BrN4O2S. The average molecular weight is 355 g/mol. The van der Waals surface area contributed by atoms with Crippen LogP contribution in [-0.2, 0) is 0 Å². The minimum atomic E-state index is -0.0302. The lowest BCUT2D eigenvalue weighted by molar-refractivity contribution is 0.0160. The van der Waals surface area contributed by atoms with Crippen molar-refractivity contribution >= 4 is 33.4 Å². The Bertz CT molecular complexity index is 642. The van der Waals surface area contributed by atoms with Gasteiger partial charge in [0.05, 0.1) is 23.3 Å². The molecule has 0 aromatic carbocycles. The van der Waals surface area contributed by atoms with E-state index >= 15 is 0 Å². The molecule has 3 heterocycles. The number of carbonyl (C=O) groups excluding carboxylic acids is 1. The van der Waals surface area contributed by atoms with Crippen LogP contribution < -0.4 is 4.74 Å². The average Bonchev–Trinajstić information content (AvgIpc) is 2.81. The molecule has 0 spiro atoms. The third-order valence-corrected chi connectivity index (χ3v) is 4.40. The molecule has 1 amide bonds. The van der Waals surface area contributed by atoms with Gasteiger partial charge >= 0.3 is 0 Å². The monoisotopic (exact) mass is 354 g/mol. The van der Waals surface area contributed by atoms with E-state index in [4.69, 9.17) is 4.74 Å². The number of nitrogens with zero attached hydrogens (tertiary/aromatic N) is 4. The van der Waals surface area contributed by atoms with E-state index in [1.807, 2.05) is 12.1 Å². The number of rotatable bonds is 3. The third-order valence-electron chi connectivity index (χ3n) is 2.98. The largest absolute Gasteiger partial charge is 0.470 e. The molecule has 0 radical (unpaired) electrons. The number of carbonyl (C=O) groups is 1. The fourth-order valence-corrected chi connectivity index (χ4v) is 2.84. The number of aryl methyl sites for hydroxylation is 1. The van der Waals surface area contributed by atoms with Crippen LogP contribution in [0.4, 0.5) is 0 Å². The van der Waals surface area contributed by atoms with E-state index in [0.29, 0.717) is 29.5 Å². The van der Waals surface area contributed by atoms with Crippen LogP contribution in [0, 0.1) is 6.92 Å². The quantitative estimate of drug-likeness (QED) is 0.841. The van der Waals surface area contributed by atoms with Gasteiger partial charge in [0.25, 0.3) is 5.91 Å². The first kappa shape index (κ1) is 13.4. The summed E-state index contributed by atoms with van der Waals surface area (Å²) in [4.78, 5) is 18.6. The molecule has 20 heavy (non-hydrogen) atoms. The summed E-state index contributed by atoms with van der Waals surface area (Å²) >= 11 is 4.51. The van der Waals surface area contributed by atoms with Crippen LogP contribution in [0.5, 0.6) is 5.88 Å². The van der Waals surface area contributed by atoms with Gasteiger partial charge in [-0.05, 0) is 46.5 Å². The highest BCUT2D eigenvalue weighted by Crippen LogP contribution is 2.25. The Hall–Kier alpha value is -1.54. The Morgan fingerprint density at radius 1 is 1.55 bits per heavy atom. The predicted molar refractivity (Wildman–Crippen MR) is 76.9 cm³/mol. The standard InChI is InChI=1S/C12H11BrN4O2S/c1-7-10(20-16-15-7)12(18)17-5-8(6-17)19-11-9(13)3-2-4-14-11/h2-4,8H,5-6H2,1H3. The zero-order valence-corrected chi connectivity index (χ0v) is 13.0. The van der Waals surface area contributed by atoms with Gasteiger partial charge in [0, 0.05) is 6.20 Å². The van der Waals surface area contributed by atoms with Crippen LogP contribution in [-0.4, -0.2) is 44.6 Å². The number of halogens is 1. The minimum absolute atomic E-state index is 0.0219. The predicted octanol–water partition coefficient (Wildman–Crippen LogP) is 1.91. The lowest BCUT2D eigenvalue weighted by Crippen LogP contribution is -2.56. The Morgan fingerprint density at radius 3 is 3.00 bits per heavy atom. The van der Waals surface area contributed by atoms with Gasteiger partial charge in [-0.25, -0.2) is 4.98 Å². The molecule has 0 N–H and O–H groups in total. The Kier molecular flexibility index (Phi) is 3.66. The lowest BCUT2D eigenvalue weighted by atomic mass is 10.1. The van der Waals surface area contributed by atoms with Crippen molar-refractivity contribution in [3.63, 3.8) is 0 Å². The SMILES string of the molecule is Cc1nnsc1C(=O)N1CC(Oc2ncccc2Br)C1. The number of pyridine rings is 1. The molecule has 0 saturated carbocycles. The van der Waals surface area contributed by atoms with Crippen molar-refractivity contribution in [2.45, 2.75) is 13.0 Å². The van der Waals surface area contributed by atoms with Crippen molar-refractivity contribution in [1.82, 2.24) is 19.5 Å². The molecule has 1 fully saturated rings. The molecule has 2 aromatic heterocycles. The summed E-state index contributed by atoms with van der Waals surface area (Å²) in [6, 6.07) is 3.70. The van der Waals surface area contributed by atoms with Crippen LogP contribution in [0.2, 0.25) is 0 Å². The molecule has 1 aliphatic heterocycles. The number of ether oxygens (including phenoxy) is 1. The van der Waals surface area contributed by atoms with E-state index in [1.165, 1.54) is 0 Å². The number of amides is 1. The Balaban J connectivity index is 1.58. The summed E-state index contributed by atoms with van der Waals surface area (Å²) in [6.07, 6.45) is 1.65. The first-order chi connectivity index (χ1) is 9.65. The fourth-order valence-electron chi connectivity index (χ4n) is 1.87. The summed E-state index contributed by atoms with van der Waals surface area (Å²) in [7, 11) is 0. The van der Waals surface area contributed by atoms with E-state index in [1.54, 1.807) is 18.0 Å². The second-order valence-corrected chi connectivity index (χ2v) is 6.04. The smallest absolute Gasteiger partial charge is 0.267 e. The van der Waals surface area contributed by atoms with Crippen LogP contribution in [0.25, 0.3) is 0 Å². The van der Waals surface area contributed by atoms with Crippen molar-refractivity contribution in [2.24, 2.45) is 0 Å². The fraction of sp³-hybridized carbons (Fsp3) is 0.333. The molecule has 0 unspecified atom stereocenters. The molecule has 0 aliphatic carbocycles. The number of aromatic nitrogens is 3. The minimum Gasteiger partial charge on any atom is -0.470 e. The number of likely N-dealkylation sites (tertiary alicyclic amines) is 1. The molecule has 2 aromatic rings. The van der Waals surface area contributed by atoms with Crippen LogP contribution in [0.1, 0.15) is 15.4 Å². The highest BCUT2D eigenvalue weighted by atomic mass is 79.9. The number of hydrogen-bond acceptors (Lipinski definition) is 6. The summed E-state index contributed by atoms with van der Waals surface area (Å²) in [5.41, 5.74) is 0.678. The molecular weight excluding hydrogens is 344 g/mol. The molecule has 104 valence electrons. The zero-order chi connectivity index (χ0) is 14.1. The van der Waals surface area contributed by atoms with E-state index in [2.05, 4.69) is 30.5 Å². The van der Waals surface area contributed by atoms with Crippen molar-refractivity contribution in [3.8, 4) is 5.88 Å². The molecule has 0 bridgehead atoms. The second kappa shape index (κ2) is 5.45. The van der Waals surface area contributed by atoms with Gasteiger partial charge in [-0.1, -0.05) is 4.49 Å². The molecule has 1 aliphatic rings. The highest BCUT2D eigenvalue weighted by Gasteiger charge is 2.34. The van der Waals surface area contributed by atoms with Crippen molar-refractivity contribution in [2.75, 3.05) is 13.1 Å². The maximum atomic E-state index is 12.1. The van der Waals surface area contributed by atoms with Crippen molar-refractivity contribution in [1.29, 1.82) is 0 Å². The van der Waals surface area contributed by atoms with E-state index < -0.39 is 0 Å². The second-order valence-electron chi connectivity index (χ2n) is 4.43. The zero-order valence-electron chi connectivity index (χ0n) is 10.6. The lowest BCUT2D eigenvalue weighted by Gasteiger charge is -2.38. The van der Waals surface area contributed by atoms with Gasteiger partial charge in [-0.15, -0.1) is 5.10 Å². The van der Waals surface area contributed by atoms with Gasteiger partial charge in [0.15, 0.2) is 0 Å². The Morgan fingerprint density at radius 2 is 2.35 bits per heavy atom. The first-order valence-electron chi connectivity index (χ1n) is 6.00. The summed E-state index contributed by atoms with van der Waals surface area (Å²) in [5.74, 6) is 0.526. The number of hydrogen-bond donors (Lipinski definition) is 0. The van der Waals surface area contributed by atoms with Crippen molar-refractivity contribution < 1.29 is 9.53 Å². The molecule has 8 heteroatoms. The van der Waals surface area contributed by atoms with Crippen LogP contribution >= 0.6 is 27.5 Å². The van der Waals surface area contributed by atoms with Gasteiger partial charge in [0.1, 0.15) is 11.0 Å². The topological polar surface area (TPSA) is 68.2 Å². The van der Waals surface area contributed by atoms with E-state index in [9.17, 15) is 4.79 Å². The molecule has 1 saturated heterocycles. The first-order valence-corrected chi connectivity index (χ1v) is 7.57. The highest BCUT2D eigenvalue weighted by molar-refractivity contribution is 9.10.